The number of carbonyl (C=O) groups excluding carboxylic acids is 3. The molecule has 2 aromatic carbocycles. The Kier molecular flexibility index (Phi) is 5.80. The minimum absolute atomic E-state index is 0.0192. The molecule has 3 N–H and O–H groups in total. The largest absolute Gasteiger partial charge is 0.352 e. The van der Waals surface area contributed by atoms with E-state index in [0.717, 1.165) is 30.4 Å². The van der Waals surface area contributed by atoms with Crippen LogP contribution >= 0.6 is 11.3 Å². The minimum atomic E-state index is -3.95. The number of sulfone groups is 1. The van der Waals surface area contributed by atoms with Crippen molar-refractivity contribution in [2.45, 2.75) is 30.6 Å². The van der Waals surface area contributed by atoms with Crippen molar-refractivity contribution in [2.75, 3.05) is 18.1 Å². The first kappa shape index (κ1) is 23.4. The zero-order valence-electron chi connectivity index (χ0n) is 18.6. The van der Waals surface area contributed by atoms with Crippen LogP contribution in [0, 0.1) is 5.82 Å². The number of fused-ring (bicyclic) bond motifs is 2. The first-order valence-corrected chi connectivity index (χ1v) is 13.7. The van der Waals surface area contributed by atoms with Gasteiger partial charge in [0.15, 0.2) is 15.1 Å². The average molecular weight is 517 g/mol. The maximum Gasteiger partial charge on any atom is 0.245 e. The summed E-state index contributed by atoms with van der Waals surface area (Å²) in [7, 11) is -3.95. The van der Waals surface area contributed by atoms with Gasteiger partial charge in [0.2, 0.25) is 17.7 Å². The summed E-state index contributed by atoms with van der Waals surface area (Å²) in [5.41, 5.74) is 2.31. The average Bonchev–Trinajstić information content (AvgIpc) is 3.36. The van der Waals surface area contributed by atoms with Crippen molar-refractivity contribution in [3.8, 4) is 11.1 Å². The van der Waals surface area contributed by atoms with Crippen molar-refractivity contribution >= 4 is 54.8 Å². The van der Waals surface area contributed by atoms with E-state index in [1.807, 2.05) is 0 Å². The second kappa shape index (κ2) is 8.68. The quantitative estimate of drug-likeness (QED) is 0.440. The summed E-state index contributed by atoms with van der Waals surface area (Å²) in [6.45, 7) is -0.350. The Morgan fingerprint density at radius 3 is 2.74 bits per heavy atom. The molecule has 1 aliphatic heterocycles. The molecule has 3 aromatic rings. The van der Waals surface area contributed by atoms with Gasteiger partial charge < -0.3 is 16.0 Å². The highest BCUT2D eigenvalue weighted by Gasteiger charge is 2.35. The number of carbonyl (C=O) groups is 3. The molecule has 9 nitrogen and oxygen atoms in total. The Hall–Kier alpha value is -3.38. The predicted octanol–water partition coefficient (Wildman–Crippen LogP) is 2.08. The van der Waals surface area contributed by atoms with Gasteiger partial charge in [-0.3, -0.25) is 14.4 Å². The molecule has 5 rings (SSSR count). The molecule has 2 aliphatic rings. The van der Waals surface area contributed by atoms with Crippen LogP contribution in [-0.2, 0) is 30.6 Å². The third-order valence-corrected chi connectivity index (χ3v) is 8.35. The Balaban J connectivity index is 1.47. The van der Waals surface area contributed by atoms with Gasteiger partial charge in [0.1, 0.15) is 10.8 Å². The van der Waals surface area contributed by atoms with E-state index < -0.39 is 32.7 Å². The number of nitrogens with one attached hydrogen (secondary N) is 3. The van der Waals surface area contributed by atoms with Crippen LogP contribution in [0.4, 0.5) is 10.1 Å². The summed E-state index contributed by atoms with van der Waals surface area (Å²) >= 11 is 0.966. The second-order valence-corrected chi connectivity index (χ2v) is 11.9. The molecule has 12 heteroatoms. The van der Waals surface area contributed by atoms with Crippen LogP contribution in [0.25, 0.3) is 21.3 Å². The number of nitrogens with zero attached hydrogens (tertiary/aromatic N) is 1. The Labute approximate surface area is 204 Å². The summed E-state index contributed by atoms with van der Waals surface area (Å²) in [6, 6.07) is 8.01. The molecule has 2 heterocycles. The van der Waals surface area contributed by atoms with Crippen LogP contribution in [-0.4, -0.2) is 50.0 Å². The van der Waals surface area contributed by atoms with Crippen LogP contribution < -0.4 is 16.0 Å². The Morgan fingerprint density at radius 1 is 1.26 bits per heavy atom. The molecule has 1 unspecified atom stereocenters. The molecule has 1 aromatic heterocycles. The van der Waals surface area contributed by atoms with Gasteiger partial charge in [-0.05, 0) is 36.1 Å². The fourth-order valence-electron chi connectivity index (χ4n) is 4.04. The topological polar surface area (TPSA) is 134 Å². The monoisotopic (exact) mass is 516 g/mol. The van der Waals surface area contributed by atoms with Gasteiger partial charge >= 0.3 is 0 Å². The normalized spacial score (nSPS) is 16.0. The lowest BCUT2D eigenvalue weighted by Gasteiger charge is -2.12. The van der Waals surface area contributed by atoms with Crippen LogP contribution in [0.1, 0.15) is 28.7 Å². The van der Waals surface area contributed by atoms with E-state index in [1.54, 1.807) is 24.3 Å². The molecule has 0 radical (unpaired) electrons. The molecule has 1 aliphatic carbocycles. The van der Waals surface area contributed by atoms with E-state index in [1.165, 1.54) is 6.07 Å². The van der Waals surface area contributed by atoms with Crippen molar-refractivity contribution in [1.82, 2.24) is 15.6 Å². The number of hydrogen-bond acceptors (Lipinski definition) is 7. The molecule has 1 atom stereocenters. The van der Waals surface area contributed by atoms with Crippen LogP contribution in [0.5, 0.6) is 0 Å². The van der Waals surface area contributed by atoms with E-state index in [-0.39, 0.29) is 41.0 Å². The van der Waals surface area contributed by atoms with Gasteiger partial charge in [0, 0.05) is 29.6 Å². The van der Waals surface area contributed by atoms with Gasteiger partial charge in [-0.2, -0.15) is 0 Å². The molecular formula is C23H21FN4O5S2. The first-order valence-electron chi connectivity index (χ1n) is 10.9. The summed E-state index contributed by atoms with van der Waals surface area (Å²) in [5.74, 6) is -2.03. The van der Waals surface area contributed by atoms with E-state index in [2.05, 4.69) is 20.9 Å². The third kappa shape index (κ3) is 4.76. The third-order valence-electron chi connectivity index (χ3n) is 5.83. The van der Waals surface area contributed by atoms with Crippen LogP contribution in [0.2, 0.25) is 0 Å². The number of amides is 3. The molecule has 0 bridgehead atoms. The number of hydrogen-bond donors (Lipinski definition) is 3. The highest BCUT2D eigenvalue weighted by molar-refractivity contribution is 7.91. The van der Waals surface area contributed by atoms with Crippen LogP contribution in [0.3, 0.4) is 0 Å². The van der Waals surface area contributed by atoms with Crippen molar-refractivity contribution < 1.29 is 27.2 Å². The smallest absolute Gasteiger partial charge is 0.245 e. The predicted molar refractivity (Wildman–Crippen MR) is 129 cm³/mol. The minimum Gasteiger partial charge on any atom is -0.352 e. The number of halogens is 1. The van der Waals surface area contributed by atoms with E-state index >= 15 is 4.39 Å². The number of rotatable bonds is 7. The van der Waals surface area contributed by atoms with Crippen LogP contribution in [0.15, 0.2) is 30.3 Å². The molecule has 3 amide bonds. The van der Waals surface area contributed by atoms with Gasteiger partial charge in [0.05, 0.1) is 23.2 Å². The molecule has 0 spiro atoms. The zero-order valence-corrected chi connectivity index (χ0v) is 20.2. The summed E-state index contributed by atoms with van der Waals surface area (Å²) in [4.78, 5) is 40.7. The molecule has 1 saturated carbocycles. The number of anilines is 1. The summed E-state index contributed by atoms with van der Waals surface area (Å²) in [6.07, 6.45) is 2.81. The van der Waals surface area contributed by atoms with E-state index in [9.17, 15) is 22.8 Å². The number of benzene rings is 2. The zero-order chi connectivity index (χ0) is 24.9. The maximum atomic E-state index is 15.1. The maximum absolute atomic E-state index is 15.1. The lowest BCUT2D eigenvalue weighted by Crippen LogP contribution is -2.41. The van der Waals surface area contributed by atoms with E-state index in [0.29, 0.717) is 21.5 Å². The lowest BCUT2D eigenvalue weighted by molar-refractivity contribution is -0.126. The number of thiazole rings is 1. The van der Waals surface area contributed by atoms with E-state index in [4.69, 9.17) is 0 Å². The van der Waals surface area contributed by atoms with Gasteiger partial charge in [-0.25, -0.2) is 17.8 Å². The molecule has 182 valence electrons. The Morgan fingerprint density at radius 2 is 2.03 bits per heavy atom. The van der Waals surface area contributed by atoms with Crippen molar-refractivity contribution in [3.63, 3.8) is 0 Å². The SMILES string of the molecule is CS(=O)(=O)C(C(=O)NCC(=O)NC1CC1)c1nc2cc(F)c(-c3cccc4c3CC(=O)N4)cc2s1. The van der Waals surface area contributed by atoms with Crippen molar-refractivity contribution in [2.24, 2.45) is 0 Å². The van der Waals surface area contributed by atoms with Gasteiger partial charge in [0.25, 0.3) is 0 Å². The fourth-order valence-corrected chi connectivity index (χ4v) is 6.57. The molecule has 35 heavy (non-hydrogen) atoms. The van der Waals surface area contributed by atoms with Gasteiger partial charge in [-0.15, -0.1) is 11.3 Å². The summed E-state index contributed by atoms with van der Waals surface area (Å²) < 4.78 is 40.6. The lowest BCUT2D eigenvalue weighted by atomic mass is 9.97. The first-order chi connectivity index (χ1) is 16.6. The van der Waals surface area contributed by atoms with Crippen molar-refractivity contribution in [1.29, 1.82) is 0 Å². The fraction of sp³-hybridized carbons (Fsp3) is 0.304. The molecule has 1 fully saturated rings. The molecular weight excluding hydrogens is 495 g/mol. The second-order valence-electron chi connectivity index (χ2n) is 8.68. The van der Waals surface area contributed by atoms with Gasteiger partial charge in [-0.1, -0.05) is 12.1 Å². The highest BCUT2D eigenvalue weighted by Crippen LogP contribution is 2.38. The standard InChI is InChI=1S/C23H21FN4O5S2/c1-35(32,33)21(22(31)25-10-20(30)26-11-5-6-11)23-28-17-9-15(24)13(7-18(17)34-23)12-3-2-4-16-14(12)8-19(29)27-16/h2-4,7,9,11,21H,5-6,8,10H2,1H3,(H,25,31)(H,26,30)(H,27,29). The number of aromatic nitrogens is 1. The summed E-state index contributed by atoms with van der Waals surface area (Å²) in [5, 5.41) is 6.16. The Bertz CT molecular complexity index is 1500. The highest BCUT2D eigenvalue weighted by atomic mass is 32.2. The van der Waals surface area contributed by atoms with Crippen molar-refractivity contribution in [3.05, 3.63) is 46.7 Å². The molecule has 0 saturated heterocycles.